The molecule has 1 aliphatic heterocycles. The van der Waals surface area contributed by atoms with Crippen molar-refractivity contribution in [1.29, 1.82) is 0 Å². The van der Waals surface area contributed by atoms with E-state index in [2.05, 4.69) is 9.97 Å². The van der Waals surface area contributed by atoms with E-state index in [1.54, 1.807) is 11.8 Å². The molecule has 5 nitrogen and oxygen atoms in total. The van der Waals surface area contributed by atoms with Gasteiger partial charge in [0.25, 0.3) is 0 Å². The summed E-state index contributed by atoms with van der Waals surface area (Å²) in [6, 6.07) is 7.66. The van der Waals surface area contributed by atoms with Crippen LogP contribution >= 0.6 is 11.8 Å². The monoisotopic (exact) mass is 301 g/mol. The van der Waals surface area contributed by atoms with Crippen molar-refractivity contribution in [2.45, 2.75) is 13.3 Å². The molecule has 1 aliphatic rings. The van der Waals surface area contributed by atoms with E-state index in [-0.39, 0.29) is 16.9 Å². The van der Waals surface area contributed by atoms with Gasteiger partial charge < -0.3 is 0 Å². The fourth-order valence-corrected chi connectivity index (χ4v) is 3.23. The standard InChI is InChI=1S/C15H15N3O2S/c1-10(19)21-8-11-6-14(20)18(7-11)15-12-4-2-3-5-13(12)16-9-17-15/h2-5,9,11H,6-8H2,1H3. The Balaban J connectivity index is 1.86. The fourth-order valence-electron chi connectivity index (χ4n) is 2.54. The number of aromatic nitrogens is 2. The van der Waals surface area contributed by atoms with E-state index >= 15 is 0 Å². The van der Waals surface area contributed by atoms with Crippen LogP contribution in [0.25, 0.3) is 10.9 Å². The van der Waals surface area contributed by atoms with E-state index in [1.807, 2.05) is 24.3 Å². The molecule has 1 amide bonds. The van der Waals surface area contributed by atoms with Crippen molar-refractivity contribution in [2.24, 2.45) is 5.92 Å². The number of fused-ring (bicyclic) bond motifs is 1. The first-order chi connectivity index (χ1) is 10.1. The summed E-state index contributed by atoms with van der Waals surface area (Å²) >= 11 is 1.28. The lowest BCUT2D eigenvalue weighted by molar-refractivity contribution is -0.117. The summed E-state index contributed by atoms with van der Waals surface area (Å²) in [5.74, 6) is 1.61. The molecule has 1 saturated heterocycles. The first-order valence-corrected chi connectivity index (χ1v) is 7.77. The molecule has 1 fully saturated rings. The maximum Gasteiger partial charge on any atom is 0.228 e. The predicted octanol–water partition coefficient (Wildman–Crippen LogP) is 2.26. The van der Waals surface area contributed by atoms with Gasteiger partial charge in [0.05, 0.1) is 5.52 Å². The third-order valence-corrected chi connectivity index (χ3v) is 4.55. The van der Waals surface area contributed by atoms with E-state index in [4.69, 9.17) is 0 Å². The minimum atomic E-state index is 0.0630. The van der Waals surface area contributed by atoms with Crippen LogP contribution in [0.1, 0.15) is 13.3 Å². The molecule has 0 aliphatic carbocycles. The van der Waals surface area contributed by atoms with E-state index in [0.717, 1.165) is 10.9 Å². The maximum atomic E-state index is 12.2. The minimum absolute atomic E-state index is 0.0630. The molecule has 1 atom stereocenters. The number of thioether (sulfide) groups is 1. The van der Waals surface area contributed by atoms with Crippen molar-refractivity contribution in [2.75, 3.05) is 17.2 Å². The van der Waals surface area contributed by atoms with Crippen molar-refractivity contribution < 1.29 is 9.59 Å². The van der Waals surface area contributed by atoms with Gasteiger partial charge in [0.1, 0.15) is 12.1 Å². The molecule has 3 rings (SSSR count). The predicted molar refractivity (Wildman–Crippen MR) is 83.1 cm³/mol. The SMILES string of the molecule is CC(=O)SCC1CC(=O)N(c2ncnc3ccccc23)C1. The van der Waals surface area contributed by atoms with Crippen molar-refractivity contribution in [1.82, 2.24) is 9.97 Å². The quantitative estimate of drug-likeness (QED) is 0.870. The first-order valence-electron chi connectivity index (χ1n) is 6.78. The van der Waals surface area contributed by atoms with Gasteiger partial charge in [-0.3, -0.25) is 14.5 Å². The van der Waals surface area contributed by atoms with Gasteiger partial charge in [-0.25, -0.2) is 9.97 Å². The second-order valence-electron chi connectivity index (χ2n) is 5.09. The molecule has 0 N–H and O–H groups in total. The van der Waals surface area contributed by atoms with Crippen LogP contribution in [0.3, 0.4) is 0 Å². The molecule has 6 heteroatoms. The molecule has 108 valence electrons. The summed E-state index contributed by atoms with van der Waals surface area (Å²) in [4.78, 5) is 33.5. The highest BCUT2D eigenvalue weighted by Gasteiger charge is 2.32. The zero-order chi connectivity index (χ0) is 14.8. The van der Waals surface area contributed by atoms with Crippen LogP contribution in [-0.2, 0) is 9.59 Å². The van der Waals surface area contributed by atoms with E-state index in [0.29, 0.717) is 24.5 Å². The minimum Gasteiger partial charge on any atom is -0.296 e. The normalized spacial score (nSPS) is 18.4. The Morgan fingerprint density at radius 1 is 1.38 bits per heavy atom. The second-order valence-corrected chi connectivity index (χ2v) is 6.29. The van der Waals surface area contributed by atoms with Gasteiger partial charge in [0.2, 0.25) is 5.91 Å². The third-order valence-electron chi connectivity index (χ3n) is 3.50. The van der Waals surface area contributed by atoms with Gasteiger partial charge in [0.15, 0.2) is 5.12 Å². The van der Waals surface area contributed by atoms with E-state index < -0.39 is 0 Å². The third kappa shape index (κ3) is 2.90. The zero-order valence-corrected chi connectivity index (χ0v) is 12.5. The van der Waals surface area contributed by atoms with Gasteiger partial charge in [-0.1, -0.05) is 23.9 Å². The van der Waals surface area contributed by atoms with Crippen molar-refractivity contribution in [3.05, 3.63) is 30.6 Å². The van der Waals surface area contributed by atoms with Crippen LogP contribution in [0.4, 0.5) is 5.82 Å². The molecule has 0 radical (unpaired) electrons. The molecule has 2 aromatic rings. The summed E-state index contributed by atoms with van der Waals surface area (Å²) in [6.07, 6.45) is 1.96. The van der Waals surface area contributed by atoms with E-state index in [9.17, 15) is 9.59 Å². The van der Waals surface area contributed by atoms with Crippen molar-refractivity contribution in [3.63, 3.8) is 0 Å². The van der Waals surface area contributed by atoms with Gasteiger partial charge in [0, 0.05) is 31.0 Å². The Kier molecular flexibility index (Phi) is 3.88. The van der Waals surface area contributed by atoms with Crippen molar-refractivity contribution >= 4 is 39.5 Å². The zero-order valence-electron chi connectivity index (χ0n) is 11.7. The summed E-state index contributed by atoms with van der Waals surface area (Å²) in [5.41, 5.74) is 0.830. The van der Waals surface area contributed by atoms with Crippen LogP contribution < -0.4 is 4.90 Å². The molecule has 0 spiro atoms. The van der Waals surface area contributed by atoms with Crippen LogP contribution in [0.2, 0.25) is 0 Å². The van der Waals surface area contributed by atoms with Crippen molar-refractivity contribution in [3.8, 4) is 0 Å². The van der Waals surface area contributed by atoms with E-state index in [1.165, 1.54) is 18.1 Å². The number of para-hydroxylation sites is 1. The second kappa shape index (κ2) is 5.81. The highest BCUT2D eigenvalue weighted by Crippen LogP contribution is 2.30. The molecule has 2 heterocycles. The Morgan fingerprint density at radius 2 is 2.19 bits per heavy atom. The number of anilines is 1. The molecule has 0 saturated carbocycles. The Hall–Kier alpha value is -1.95. The van der Waals surface area contributed by atoms with Gasteiger partial charge >= 0.3 is 0 Å². The Morgan fingerprint density at radius 3 is 3.00 bits per heavy atom. The van der Waals surface area contributed by atoms with Gasteiger partial charge in [-0.05, 0) is 18.1 Å². The lowest BCUT2D eigenvalue weighted by Crippen LogP contribution is -2.26. The number of benzene rings is 1. The number of hydrogen-bond donors (Lipinski definition) is 0. The molecule has 0 bridgehead atoms. The van der Waals surface area contributed by atoms with Gasteiger partial charge in [-0.15, -0.1) is 0 Å². The summed E-state index contributed by atoms with van der Waals surface area (Å²) < 4.78 is 0. The van der Waals surface area contributed by atoms with Crippen LogP contribution in [0.15, 0.2) is 30.6 Å². The summed E-state index contributed by atoms with van der Waals surface area (Å²) in [6.45, 7) is 2.16. The summed E-state index contributed by atoms with van der Waals surface area (Å²) in [5, 5.41) is 0.974. The number of carbonyl (C=O) groups excluding carboxylic acids is 2. The highest BCUT2D eigenvalue weighted by molar-refractivity contribution is 8.13. The van der Waals surface area contributed by atoms with Crippen LogP contribution in [0.5, 0.6) is 0 Å². The number of hydrogen-bond acceptors (Lipinski definition) is 5. The van der Waals surface area contributed by atoms with Gasteiger partial charge in [-0.2, -0.15) is 0 Å². The van der Waals surface area contributed by atoms with Crippen LogP contribution in [0, 0.1) is 5.92 Å². The molecule has 1 aromatic carbocycles. The topological polar surface area (TPSA) is 63.2 Å². The highest BCUT2D eigenvalue weighted by atomic mass is 32.2. The lowest BCUT2D eigenvalue weighted by atomic mass is 10.1. The Labute approximate surface area is 126 Å². The lowest BCUT2D eigenvalue weighted by Gasteiger charge is -2.17. The Bertz CT molecular complexity index is 699. The maximum absolute atomic E-state index is 12.2. The first kappa shape index (κ1) is 14.0. The molecular formula is C15H15N3O2S. The van der Waals surface area contributed by atoms with Crippen LogP contribution in [-0.4, -0.2) is 33.3 Å². The summed E-state index contributed by atoms with van der Waals surface area (Å²) in [7, 11) is 0. The largest absolute Gasteiger partial charge is 0.296 e. The fraction of sp³-hybridized carbons (Fsp3) is 0.333. The molecule has 21 heavy (non-hydrogen) atoms. The molecule has 1 unspecified atom stereocenters. The number of carbonyl (C=O) groups is 2. The number of nitrogens with zero attached hydrogens (tertiary/aromatic N) is 3. The smallest absolute Gasteiger partial charge is 0.228 e. The average molecular weight is 301 g/mol. The number of rotatable bonds is 3. The molecular weight excluding hydrogens is 286 g/mol. The molecule has 1 aromatic heterocycles. The average Bonchev–Trinajstić information content (AvgIpc) is 2.85. The number of amides is 1.